The van der Waals surface area contributed by atoms with Gasteiger partial charge < -0.3 is 29.6 Å². The van der Waals surface area contributed by atoms with Gasteiger partial charge in [-0.05, 0) is 60.0 Å². The van der Waals surface area contributed by atoms with Crippen LogP contribution < -0.4 is 35.0 Å². The van der Waals surface area contributed by atoms with Crippen LogP contribution in [0.25, 0.3) is 0 Å². The van der Waals surface area contributed by atoms with E-state index in [9.17, 15) is 27.6 Å². The maximum atomic E-state index is 12.9. The van der Waals surface area contributed by atoms with Crippen LogP contribution in [-0.2, 0) is 27.0 Å². The molecule has 234 valence electrons. The molecule has 3 aromatic rings. The minimum absolute atomic E-state index is 0.0107. The third-order valence-electron chi connectivity index (χ3n) is 5.81. The smallest absolute Gasteiger partial charge is 0.416 e. The fraction of sp³-hybridized carbons (Fsp3) is 0.241. The Kier molecular flexibility index (Phi) is 11.8. The lowest BCUT2D eigenvalue weighted by atomic mass is 10.1. The number of halogens is 4. The molecule has 0 aliphatic heterocycles. The van der Waals surface area contributed by atoms with E-state index in [1.165, 1.54) is 45.7 Å². The van der Waals surface area contributed by atoms with Crippen LogP contribution in [0.2, 0.25) is 5.02 Å². The van der Waals surface area contributed by atoms with Gasteiger partial charge in [-0.1, -0.05) is 23.7 Å². The Morgan fingerprint density at radius 3 is 2.32 bits per heavy atom. The summed E-state index contributed by atoms with van der Waals surface area (Å²) in [6.07, 6.45) is -2.93. The van der Waals surface area contributed by atoms with Gasteiger partial charge in [0, 0.05) is 12.2 Å². The number of nitrogens with one attached hydrogen (secondary N) is 3. The summed E-state index contributed by atoms with van der Waals surface area (Å²) in [5.41, 5.74) is 2.33. The van der Waals surface area contributed by atoms with E-state index in [0.29, 0.717) is 23.5 Å². The van der Waals surface area contributed by atoms with E-state index in [1.54, 1.807) is 12.1 Å². The Morgan fingerprint density at radius 1 is 0.909 bits per heavy atom. The van der Waals surface area contributed by atoms with E-state index >= 15 is 0 Å². The first-order valence-electron chi connectivity index (χ1n) is 12.7. The molecule has 0 bridgehead atoms. The van der Waals surface area contributed by atoms with Crippen molar-refractivity contribution in [3.05, 3.63) is 76.3 Å². The second-order valence-corrected chi connectivity index (χ2v) is 9.25. The largest absolute Gasteiger partial charge is 0.493 e. The van der Waals surface area contributed by atoms with Gasteiger partial charge in [-0.2, -0.15) is 18.3 Å². The van der Waals surface area contributed by atoms with Crippen molar-refractivity contribution in [1.82, 2.24) is 10.7 Å². The van der Waals surface area contributed by atoms with E-state index < -0.39 is 36.1 Å². The van der Waals surface area contributed by atoms with Gasteiger partial charge >= 0.3 is 18.0 Å². The van der Waals surface area contributed by atoms with Crippen LogP contribution in [-0.4, -0.2) is 58.4 Å². The number of carbonyl (C=O) groups is 3. The van der Waals surface area contributed by atoms with Crippen molar-refractivity contribution >= 4 is 41.2 Å². The molecule has 0 heterocycles. The number of hydrogen-bond donors (Lipinski definition) is 3. The summed E-state index contributed by atoms with van der Waals surface area (Å²) in [7, 11) is 4.35. The number of amides is 3. The highest BCUT2D eigenvalue weighted by molar-refractivity contribution is 6.35. The molecule has 3 N–H and O–H groups in total. The number of rotatable bonds is 12. The highest BCUT2D eigenvalue weighted by atomic mass is 35.5. The number of carbonyl (C=O) groups excluding carboxylic acids is 3. The monoisotopic (exact) mass is 636 g/mol. The Labute approximate surface area is 255 Å². The van der Waals surface area contributed by atoms with Crippen molar-refractivity contribution in [3.8, 4) is 23.0 Å². The molecule has 3 amide bonds. The lowest BCUT2D eigenvalue weighted by Gasteiger charge is -2.14. The number of hydrazone groups is 1. The molecule has 0 aliphatic carbocycles. The van der Waals surface area contributed by atoms with Gasteiger partial charge in [0.15, 0.2) is 29.6 Å². The van der Waals surface area contributed by atoms with Crippen molar-refractivity contribution in [3.63, 3.8) is 0 Å². The van der Waals surface area contributed by atoms with E-state index in [1.807, 2.05) is 6.07 Å². The van der Waals surface area contributed by atoms with Crippen LogP contribution in [0.3, 0.4) is 0 Å². The Morgan fingerprint density at radius 2 is 1.64 bits per heavy atom. The van der Waals surface area contributed by atoms with Crippen LogP contribution in [0.15, 0.2) is 59.7 Å². The van der Waals surface area contributed by atoms with Crippen molar-refractivity contribution < 1.29 is 46.5 Å². The highest BCUT2D eigenvalue weighted by Gasteiger charge is 2.30. The molecule has 0 aliphatic rings. The van der Waals surface area contributed by atoms with Gasteiger partial charge in [-0.25, -0.2) is 5.43 Å². The number of methoxy groups -OCH3 is 3. The van der Waals surface area contributed by atoms with Crippen LogP contribution in [0.4, 0.5) is 18.9 Å². The van der Waals surface area contributed by atoms with Crippen molar-refractivity contribution in [2.24, 2.45) is 5.10 Å². The quantitative estimate of drug-likeness (QED) is 0.154. The fourth-order valence-electron chi connectivity index (χ4n) is 3.72. The minimum atomic E-state index is -4.56. The lowest BCUT2D eigenvalue weighted by Crippen LogP contribution is -2.38. The minimum Gasteiger partial charge on any atom is -0.493 e. The fourth-order valence-corrected chi connectivity index (χ4v) is 3.99. The summed E-state index contributed by atoms with van der Waals surface area (Å²) in [5, 5.41) is 8.57. The number of ether oxygens (including phenoxy) is 4. The molecule has 15 heteroatoms. The first kappa shape index (κ1) is 33.5. The SMILES string of the molecule is COc1ccc(CCNC(=O)C(=O)N/N=C\c2cc(Cl)c(OCC(=O)Nc3cccc(C(F)(F)F)c3)c(OC)c2)cc1OC. The maximum absolute atomic E-state index is 12.9. The second kappa shape index (κ2) is 15.5. The molecule has 3 rings (SSSR count). The van der Waals surface area contributed by atoms with Crippen molar-refractivity contribution in [2.75, 3.05) is 39.8 Å². The summed E-state index contributed by atoms with van der Waals surface area (Å²) in [6, 6.07) is 12.3. The van der Waals surface area contributed by atoms with Crippen LogP contribution in [0.5, 0.6) is 23.0 Å². The molecular formula is C29H28ClF3N4O7. The first-order chi connectivity index (χ1) is 20.9. The summed E-state index contributed by atoms with van der Waals surface area (Å²) >= 11 is 6.27. The summed E-state index contributed by atoms with van der Waals surface area (Å²) in [5.74, 6) is -1.44. The number of nitrogens with zero attached hydrogens (tertiary/aromatic N) is 1. The Balaban J connectivity index is 1.51. The van der Waals surface area contributed by atoms with Crippen LogP contribution in [0, 0.1) is 0 Å². The van der Waals surface area contributed by atoms with Crippen LogP contribution >= 0.6 is 11.6 Å². The molecule has 0 atom stereocenters. The molecule has 0 spiro atoms. The average Bonchev–Trinajstić information content (AvgIpc) is 2.99. The highest BCUT2D eigenvalue weighted by Crippen LogP contribution is 2.36. The molecule has 0 aromatic heterocycles. The van der Waals surface area contributed by atoms with E-state index in [0.717, 1.165) is 23.8 Å². The zero-order valence-corrected chi connectivity index (χ0v) is 24.5. The lowest BCUT2D eigenvalue weighted by molar-refractivity contribution is -0.139. The normalized spacial score (nSPS) is 11.1. The van der Waals surface area contributed by atoms with Gasteiger partial charge in [0.25, 0.3) is 5.91 Å². The third-order valence-corrected chi connectivity index (χ3v) is 6.09. The van der Waals surface area contributed by atoms with Crippen molar-refractivity contribution in [1.29, 1.82) is 0 Å². The molecule has 0 saturated carbocycles. The molecule has 0 saturated heterocycles. The first-order valence-corrected chi connectivity index (χ1v) is 13.1. The van der Waals surface area contributed by atoms with Gasteiger partial charge in [0.2, 0.25) is 0 Å². The molecular weight excluding hydrogens is 609 g/mol. The summed E-state index contributed by atoms with van der Waals surface area (Å²) in [4.78, 5) is 36.5. The molecule has 0 radical (unpaired) electrons. The molecule has 0 fully saturated rings. The van der Waals surface area contributed by atoms with Gasteiger partial charge in [-0.15, -0.1) is 0 Å². The summed E-state index contributed by atoms with van der Waals surface area (Å²) in [6.45, 7) is -0.408. The molecule has 11 nitrogen and oxygen atoms in total. The van der Waals surface area contributed by atoms with E-state index in [-0.39, 0.29) is 28.8 Å². The third kappa shape index (κ3) is 9.52. The number of benzene rings is 3. The van der Waals surface area contributed by atoms with Gasteiger partial charge in [-0.3, -0.25) is 14.4 Å². The number of alkyl halides is 3. The van der Waals surface area contributed by atoms with Crippen LogP contribution in [0.1, 0.15) is 16.7 Å². The van der Waals surface area contributed by atoms with Gasteiger partial charge in [0.05, 0.1) is 38.1 Å². The second-order valence-electron chi connectivity index (χ2n) is 8.84. The summed E-state index contributed by atoms with van der Waals surface area (Å²) < 4.78 is 59.8. The molecule has 0 unspecified atom stereocenters. The van der Waals surface area contributed by atoms with E-state index in [4.69, 9.17) is 30.5 Å². The molecule has 44 heavy (non-hydrogen) atoms. The zero-order chi connectivity index (χ0) is 32.3. The van der Waals surface area contributed by atoms with Crippen molar-refractivity contribution in [2.45, 2.75) is 12.6 Å². The number of anilines is 1. The van der Waals surface area contributed by atoms with E-state index in [2.05, 4.69) is 21.2 Å². The topological polar surface area (TPSA) is 137 Å². The predicted molar refractivity (Wildman–Crippen MR) is 156 cm³/mol. The zero-order valence-electron chi connectivity index (χ0n) is 23.7. The Hall–Kier alpha value is -4.98. The van der Waals surface area contributed by atoms with Gasteiger partial charge in [0.1, 0.15) is 0 Å². The number of hydrogen-bond acceptors (Lipinski definition) is 8. The molecule has 3 aromatic carbocycles. The maximum Gasteiger partial charge on any atom is 0.416 e. The average molecular weight is 637 g/mol. The standard InChI is InChI=1S/C29H28ClF3N4O7/c1-41-22-8-7-17(12-23(22)42-2)9-10-34-27(39)28(40)37-35-15-18-11-21(30)26(24(13-18)43-3)44-16-25(38)36-20-6-4-5-19(14-20)29(31,32)33/h4-8,11-15H,9-10,16H2,1-3H3,(H,34,39)(H,36,38)(H,37,40)/b35-15-. The Bertz CT molecular complexity index is 1530. The predicted octanol–water partition coefficient (Wildman–Crippen LogP) is 4.21.